The highest BCUT2D eigenvalue weighted by molar-refractivity contribution is 6.30. The monoisotopic (exact) mass is 311 g/mol. The van der Waals surface area contributed by atoms with Crippen molar-refractivity contribution < 1.29 is 5.11 Å². The Kier molecular flexibility index (Phi) is 4.06. The Hall–Kier alpha value is -2.03. The Morgan fingerprint density at radius 3 is 2.27 bits per heavy atom. The summed E-state index contributed by atoms with van der Waals surface area (Å²) in [6.45, 7) is 0. The molecular weight excluding hydrogens is 294 g/mol. The van der Waals surface area contributed by atoms with Crippen LogP contribution in [0, 0.1) is 0 Å². The van der Waals surface area contributed by atoms with Crippen molar-refractivity contribution >= 4 is 22.4 Å². The highest BCUT2D eigenvalue weighted by Gasteiger charge is 2.22. The highest BCUT2D eigenvalue weighted by atomic mass is 35.5. The van der Waals surface area contributed by atoms with Gasteiger partial charge in [0.2, 0.25) is 0 Å². The molecular formula is C19H18ClNO. The minimum Gasteiger partial charge on any atom is -0.508 e. The molecule has 0 heterocycles. The maximum atomic E-state index is 10.5. The van der Waals surface area contributed by atoms with Crippen LogP contribution in [-0.4, -0.2) is 24.1 Å². The van der Waals surface area contributed by atoms with Crippen LogP contribution in [0.3, 0.4) is 0 Å². The van der Waals surface area contributed by atoms with E-state index in [1.807, 2.05) is 56.6 Å². The van der Waals surface area contributed by atoms with E-state index >= 15 is 0 Å². The number of rotatable bonds is 3. The van der Waals surface area contributed by atoms with Crippen molar-refractivity contribution in [2.75, 3.05) is 14.1 Å². The Morgan fingerprint density at radius 2 is 1.59 bits per heavy atom. The van der Waals surface area contributed by atoms with Gasteiger partial charge in [-0.3, -0.25) is 4.90 Å². The van der Waals surface area contributed by atoms with E-state index < -0.39 is 0 Å². The predicted octanol–water partition coefficient (Wildman–Crippen LogP) is 4.85. The summed E-state index contributed by atoms with van der Waals surface area (Å²) in [6, 6.07) is 19.6. The SMILES string of the molecule is CN(C)C(c1ccc(Cl)cc1)c1c(O)ccc2ccccc12. The number of nitrogens with zero attached hydrogens (tertiary/aromatic N) is 1. The topological polar surface area (TPSA) is 23.5 Å². The molecule has 3 rings (SSSR count). The molecule has 0 bridgehead atoms. The zero-order chi connectivity index (χ0) is 15.7. The normalized spacial score (nSPS) is 12.7. The van der Waals surface area contributed by atoms with E-state index in [1.165, 1.54) is 0 Å². The lowest BCUT2D eigenvalue weighted by atomic mass is 9.92. The lowest BCUT2D eigenvalue weighted by Crippen LogP contribution is -2.21. The van der Waals surface area contributed by atoms with Crippen molar-refractivity contribution in [1.82, 2.24) is 4.90 Å². The first-order chi connectivity index (χ1) is 10.6. The molecule has 0 aliphatic heterocycles. The summed E-state index contributed by atoms with van der Waals surface area (Å²) in [5.41, 5.74) is 2.02. The van der Waals surface area contributed by atoms with Gasteiger partial charge in [0.1, 0.15) is 5.75 Å². The summed E-state index contributed by atoms with van der Waals surface area (Å²) < 4.78 is 0. The van der Waals surface area contributed by atoms with Crippen LogP contribution in [0.4, 0.5) is 0 Å². The molecule has 0 aromatic heterocycles. The number of aromatic hydroxyl groups is 1. The molecule has 0 spiro atoms. The van der Waals surface area contributed by atoms with Crippen molar-refractivity contribution in [2.24, 2.45) is 0 Å². The Bertz CT molecular complexity index is 796. The van der Waals surface area contributed by atoms with Crippen molar-refractivity contribution in [1.29, 1.82) is 0 Å². The van der Waals surface area contributed by atoms with Gasteiger partial charge in [-0.15, -0.1) is 0 Å². The average Bonchev–Trinajstić information content (AvgIpc) is 2.51. The van der Waals surface area contributed by atoms with Crippen molar-refractivity contribution in [2.45, 2.75) is 6.04 Å². The van der Waals surface area contributed by atoms with Crippen LogP contribution < -0.4 is 0 Å². The van der Waals surface area contributed by atoms with Crippen LogP contribution in [0.15, 0.2) is 60.7 Å². The van der Waals surface area contributed by atoms with Gasteiger partial charge >= 0.3 is 0 Å². The minimum absolute atomic E-state index is 0.0385. The molecule has 22 heavy (non-hydrogen) atoms. The standard InChI is InChI=1S/C19H18ClNO/c1-21(2)19(14-7-10-15(20)11-8-14)18-16-6-4-3-5-13(16)9-12-17(18)22/h3-12,19,22H,1-2H3. The second-order valence-corrected chi connectivity index (χ2v) is 6.07. The van der Waals surface area contributed by atoms with E-state index in [4.69, 9.17) is 11.6 Å². The van der Waals surface area contributed by atoms with Gasteiger partial charge in [0, 0.05) is 10.6 Å². The molecule has 0 aliphatic rings. The zero-order valence-electron chi connectivity index (χ0n) is 12.6. The molecule has 1 atom stereocenters. The zero-order valence-corrected chi connectivity index (χ0v) is 13.4. The molecule has 112 valence electrons. The van der Waals surface area contributed by atoms with Crippen LogP contribution in [0.2, 0.25) is 5.02 Å². The molecule has 3 heteroatoms. The molecule has 0 fully saturated rings. The van der Waals surface area contributed by atoms with E-state index in [-0.39, 0.29) is 6.04 Å². The minimum atomic E-state index is -0.0385. The summed E-state index contributed by atoms with van der Waals surface area (Å²) in [5.74, 6) is 0.312. The van der Waals surface area contributed by atoms with E-state index in [9.17, 15) is 5.11 Å². The van der Waals surface area contributed by atoms with Crippen molar-refractivity contribution in [3.8, 4) is 5.75 Å². The van der Waals surface area contributed by atoms with E-state index in [0.717, 1.165) is 21.9 Å². The number of benzene rings is 3. The molecule has 0 saturated carbocycles. The molecule has 0 amide bonds. The Morgan fingerprint density at radius 1 is 0.909 bits per heavy atom. The molecule has 0 aliphatic carbocycles. The number of halogens is 1. The summed E-state index contributed by atoms with van der Waals surface area (Å²) in [7, 11) is 4.03. The Balaban J connectivity index is 2.25. The van der Waals surface area contributed by atoms with Crippen LogP contribution in [0.25, 0.3) is 10.8 Å². The maximum absolute atomic E-state index is 10.5. The first kappa shape index (κ1) is 14.9. The third-order valence-electron chi connectivity index (χ3n) is 3.92. The van der Waals surface area contributed by atoms with Crippen LogP contribution in [0.5, 0.6) is 5.75 Å². The predicted molar refractivity (Wildman–Crippen MR) is 92.6 cm³/mol. The quantitative estimate of drug-likeness (QED) is 0.747. The second-order valence-electron chi connectivity index (χ2n) is 5.64. The largest absolute Gasteiger partial charge is 0.508 e. The average molecular weight is 312 g/mol. The fraction of sp³-hybridized carbons (Fsp3) is 0.158. The number of phenols is 1. The summed E-state index contributed by atoms with van der Waals surface area (Å²) in [4.78, 5) is 2.10. The van der Waals surface area contributed by atoms with Gasteiger partial charge in [0.05, 0.1) is 6.04 Å². The highest BCUT2D eigenvalue weighted by Crippen LogP contribution is 2.38. The first-order valence-corrected chi connectivity index (χ1v) is 7.58. The van der Waals surface area contributed by atoms with Crippen LogP contribution >= 0.6 is 11.6 Å². The molecule has 0 saturated heterocycles. The Labute approximate surface area is 135 Å². The van der Waals surface area contributed by atoms with Gasteiger partial charge in [0.25, 0.3) is 0 Å². The first-order valence-electron chi connectivity index (χ1n) is 7.20. The molecule has 3 aromatic carbocycles. The smallest absolute Gasteiger partial charge is 0.121 e. The van der Waals surface area contributed by atoms with E-state index in [0.29, 0.717) is 10.8 Å². The summed E-state index contributed by atoms with van der Waals surface area (Å²) in [5, 5.41) is 13.4. The summed E-state index contributed by atoms with van der Waals surface area (Å²) >= 11 is 6.01. The molecule has 0 radical (unpaired) electrons. The van der Waals surface area contributed by atoms with Crippen LogP contribution in [-0.2, 0) is 0 Å². The van der Waals surface area contributed by atoms with Crippen molar-refractivity contribution in [3.05, 3.63) is 76.8 Å². The van der Waals surface area contributed by atoms with E-state index in [1.54, 1.807) is 6.07 Å². The summed E-state index contributed by atoms with van der Waals surface area (Å²) in [6.07, 6.45) is 0. The molecule has 1 N–H and O–H groups in total. The molecule has 1 unspecified atom stereocenters. The maximum Gasteiger partial charge on any atom is 0.121 e. The number of fused-ring (bicyclic) bond motifs is 1. The van der Waals surface area contributed by atoms with E-state index in [2.05, 4.69) is 17.0 Å². The number of phenolic OH excluding ortho intramolecular Hbond substituents is 1. The van der Waals surface area contributed by atoms with Crippen LogP contribution in [0.1, 0.15) is 17.2 Å². The van der Waals surface area contributed by atoms with Gasteiger partial charge in [-0.25, -0.2) is 0 Å². The lowest BCUT2D eigenvalue weighted by Gasteiger charge is -2.27. The fourth-order valence-electron chi connectivity index (χ4n) is 2.94. The van der Waals surface area contributed by atoms with Gasteiger partial charge < -0.3 is 5.11 Å². The lowest BCUT2D eigenvalue weighted by molar-refractivity contribution is 0.333. The van der Waals surface area contributed by atoms with Gasteiger partial charge in [-0.2, -0.15) is 0 Å². The van der Waals surface area contributed by atoms with Crippen molar-refractivity contribution in [3.63, 3.8) is 0 Å². The molecule has 3 aromatic rings. The fourth-order valence-corrected chi connectivity index (χ4v) is 3.07. The third-order valence-corrected chi connectivity index (χ3v) is 4.18. The van der Waals surface area contributed by atoms with Gasteiger partial charge in [-0.05, 0) is 48.6 Å². The van der Waals surface area contributed by atoms with Gasteiger partial charge in [0.15, 0.2) is 0 Å². The second kappa shape index (κ2) is 5.99. The van der Waals surface area contributed by atoms with Gasteiger partial charge in [-0.1, -0.05) is 54.1 Å². The molecule has 2 nitrogen and oxygen atoms in total. The number of hydrogen-bond acceptors (Lipinski definition) is 2. The number of hydrogen-bond donors (Lipinski definition) is 1. The third kappa shape index (κ3) is 2.68.